The zero-order valence-corrected chi connectivity index (χ0v) is 22.0. The number of aryl methyl sites for hydroxylation is 1. The number of nitro benzene ring substituents is 1. The molecule has 2 aliphatic carbocycles. The molecule has 2 amide bonds. The second kappa shape index (κ2) is 10.3. The number of non-ortho nitro benzene ring substituents is 1. The molecule has 4 aliphatic rings. The molecular formula is C29H33N3O7. The minimum Gasteiger partial charge on any atom is -0.410 e. The molecule has 10 nitrogen and oxygen atoms in total. The first kappa shape index (κ1) is 25.9. The predicted molar refractivity (Wildman–Crippen MR) is 140 cm³/mol. The van der Waals surface area contributed by atoms with Gasteiger partial charge in [-0.1, -0.05) is 24.3 Å². The Morgan fingerprint density at radius 1 is 1.10 bits per heavy atom. The Morgan fingerprint density at radius 2 is 1.85 bits per heavy atom. The number of rotatable bonds is 4. The van der Waals surface area contributed by atoms with Gasteiger partial charge in [-0.05, 0) is 61.9 Å². The summed E-state index contributed by atoms with van der Waals surface area (Å²) in [5.41, 5.74) is 1.97. The van der Waals surface area contributed by atoms with Gasteiger partial charge < -0.3 is 19.1 Å². The van der Waals surface area contributed by atoms with E-state index in [1.807, 2.05) is 24.3 Å². The largest absolute Gasteiger partial charge is 0.422 e. The number of amides is 2. The normalized spacial score (nSPS) is 27.5. The Labute approximate surface area is 227 Å². The predicted octanol–water partition coefficient (Wildman–Crippen LogP) is 4.47. The highest BCUT2D eigenvalue weighted by Crippen LogP contribution is 2.46. The third-order valence-electron chi connectivity index (χ3n) is 8.86. The molecule has 2 heterocycles. The Morgan fingerprint density at radius 3 is 2.59 bits per heavy atom. The maximum Gasteiger partial charge on any atom is 0.422 e. The lowest BCUT2D eigenvalue weighted by Crippen LogP contribution is -2.56. The van der Waals surface area contributed by atoms with Crippen LogP contribution in [-0.4, -0.2) is 65.4 Å². The van der Waals surface area contributed by atoms with E-state index in [-0.39, 0.29) is 29.2 Å². The number of nitrogens with zero attached hydrogens (tertiary/aromatic N) is 3. The average Bonchev–Trinajstić information content (AvgIpc) is 3.56. The fourth-order valence-electron chi connectivity index (χ4n) is 7.08. The van der Waals surface area contributed by atoms with Crippen LogP contribution in [0.25, 0.3) is 0 Å². The van der Waals surface area contributed by atoms with Gasteiger partial charge in [0, 0.05) is 37.6 Å². The fraction of sp³-hybridized carbons (Fsp3) is 0.517. The minimum absolute atomic E-state index is 0.104. The van der Waals surface area contributed by atoms with Gasteiger partial charge in [0.2, 0.25) is 5.91 Å². The van der Waals surface area contributed by atoms with E-state index in [0.29, 0.717) is 38.6 Å². The highest BCUT2D eigenvalue weighted by molar-refractivity contribution is 5.95. The van der Waals surface area contributed by atoms with Crippen LogP contribution in [0.3, 0.4) is 0 Å². The zero-order valence-electron chi connectivity index (χ0n) is 22.0. The van der Waals surface area contributed by atoms with E-state index >= 15 is 0 Å². The van der Waals surface area contributed by atoms with Crippen LogP contribution in [0, 0.1) is 22.0 Å². The van der Waals surface area contributed by atoms with Crippen molar-refractivity contribution >= 4 is 17.7 Å². The number of fused-ring (bicyclic) bond motifs is 2. The molecule has 0 aromatic heterocycles. The number of piperidine rings is 1. The number of carbonyl (C=O) groups excluding carboxylic acids is 2. The van der Waals surface area contributed by atoms with Gasteiger partial charge in [-0.25, -0.2) is 9.69 Å². The molecule has 0 N–H and O–H groups in total. The third-order valence-corrected chi connectivity index (χ3v) is 8.86. The molecule has 0 radical (unpaired) electrons. The number of hydrogen-bond acceptors (Lipinski definition) is 8. The maximum absolute atomic E-state index is 14.2. The van der Waals surface area contributed by atoms with E-state index in [1.165, 1.54) is 29.2 Å². The first-order chi connectivity index (χ1) is 18.8. The van der Waals surface area contributed by atoms with E-state index in [0.717, 1.165) is 36.8 Å². The zero-order chi connectivity index (χ0) is 27.1. The molecule has 2 saturated heterocycles. The van der Waals surface area contributed by atoms with Crippen molar-refractivity contribution < 1.29 is 28.7 Å². The molecule has 1 unspecified atom stereocenters. The van der Waals surface area contributed by atoms with Crippen LogP contribution in [-0.2, 0) is 20.7 Å². The minimum atomic E-state index is -0.761. The van der Waals surface area contributed by atoms with Crippen molar-refractivity contribution in [2.24, 2.45) is 11.8 Å². The Hall–Kier alpha value is -3.34. The van der Waals surface area contributed by atoms with E-state index in [9.17, 15) is 19.7 Å². The van der Waals surface area contributed by atoms with Crippen molar-refractivity contribution in [2.75, 3.05) is 26.8 Å². The standard InChI is InChI=1S/C29H33N3O7/c1-30-18-21(16-20-17-29(13-12-25(20)30)37-14-15-38-29)27(33)31(26-11-6-19-4-2-3-5-24(19)26)28(34)39-23-9-7-22(8-10-23)32(35)36/h2-5,7-10,20-21,25-26H,6,11-18H2,1H3/t20-,21-,25-,26?/m1/s1. The van der Waals surface area contributed by atoms with Crippen LogP contribution in [0.15, 0.2) is 48.5 Å². The van der Waals surface area contributed by atoms with Crippen molar-refractivity contribution in [2.45, 2.75) is 56.4 Å². The monoisotopic (exact) mass is 535 g/mol. The van der Waals surface area contributed by atoms with E-state index in [4.69, 9.17) is 14.2 Å². The average molecular weight is 536 g/mol. The highest BCUT2D eigenvalue weighted by atomic mass is 16.7. The van der Waals surface area contributed by atoms with Gasteiger partial charge in [-0.15, -0.1) is 0 Å². The summed E-state index contributed by atoms with van der Waals surface area (Å²) in [5.74, 6) is -0.814. The Kier molecular flexibility index (Phi) is 6.86. The van der Waals surface area contributed by atoms with Gasteiger partial charge in [0.15, 0.2) is 5.79 Å². The summed E-state index contributed by atoms with van der Waals surface area (Å²) < 4.78 is 17.7. The molecule has 1 saturated carbocycles. The van der Waals surface area contributed by atoms with Gasteiger partial charge in [0.05, 0.1) is 30.1 Å². The van der Waals surface area contributed by atoms with Gasteiger partial charge in [0.25, 0.3) is 5.69 Å². The van der Waals surface area contributed by atoms with Crippen LogP contribution in [0.2, 0.25) is 0 Å². The molecule has 2 aromatic carbocycles. The number of carbonyl (C=O) groups is 2. The van der Waals surface area contributed by atoms with Gasteiger partial charge in [-0.3, -0.25) is 14.9 Å². The molecule has 0 bridgehead atoms. The summed E-state index contributed by atoms with van der Waals surface area (Å²) in [5, 5.41) is 11.0. The number of ether oxygens (including phenoxy) is 3. The molecule has 2 aliphatic heterocycles. The number of hydrogen-bond donors (Lipinski definition) is 0. The molecule has 4 atom stereocenters. The summed E-state index contributed by atoms with van der Waals surface area (Å²) in [6.45, 7) is 1.75. The van der Waals surface area contributed by atoms with Crippen molar-refractivity contribution in [3.8, 4) is 5.75 Å². The molecule has 1 spiro atoms. The number of nitro groups is 1. The first-order valence-corrected chi connectivity index (χ1v) is 13.7. The molecular weight excluding hydrogens is 502 g/mol. The Balaban J connectivity index is 1.26. The van der Waals surface area contributed by atoms with Crippen LogP contribution >= 0.6 is 0 Å². The van der Waals surface area contributed by atoms with Crippen LogP contribution < -0.4 is 4.74 Å². The number of likely N-dealkylation sites (tertiary alicyclic amines) is 1. The molecule has 10 heteroatoms. The summed E-state index contributed by atoms with van der Waals surface area (Å²) in [6.07, 6.45) is 3.82. The summed E-state index contributed by atoms with van der Waals surface area (Å²) in [7, 11) is 2.05. The second-order valence-corrected chi connectivity index (χ2v) is 11.1. The number of benzene rings is 2. The Bertz CT molecular complexity index is 1260. The molecule has 6 rings (SSSR count). The maximum atomic E-state index is 14.2. The quantitative estimate of drug-likeness (QED) is 0.416. The summed E-state index contributed by atoms with van der Waals surface area (Å²) >= 11 is 0. The summed E-state index contributed by atoms with van der Waals surface area (Å²) in [4.78, 5) is 42.0. The molecule has 206 valence electrons. The van der Waals surface area contributed by atoms with E-state index in [1.54, 1.807) is 0 Å². The van der Waals surface area contributed by atoms with Gasteiger partial charge >= 0.3 is 6.09 Å². The SMILES string of the molecule is CN1C[C@H](C(=O)N(C(=O)Oc2ccc([N+](=O)[O-])cc2)C2CCc3ccccc32)C[C@@H]2CC3(CC[C@H]21)OCCO3. The van der Waals surface area contributed by atoms with Gasteiger partial charge in [-0.2, -0.15) is 0 Å². The third kappa shape index (κ3) is 4.92. The fourth-order valence-corrected chi connectivity index (χ4v) is 7.08. The van der Waals surface area contributed by atoms with Crippen LogP contribution in [0.1, 0.15) is 49.3 Å². The lowest BCUT2D eigenvalue weighted by Gasteiger charge is -2.49. The van der Waals surface area contributed by atoms with Crippen molar-refractivity contribution in [1.29, 1.82) is 0 Å². The second-order valence-electron chi connectivity index (χ2n) is 11.1. The molecule has 3 fully saturated rings. The number of imide groups is 1. The lowest BCUT2D eigenvalue weighted by molar-refractivity contribution is -0.384. The van der Waals surface area contributed by atoms with E-state index in [2.05, 4.69) is 11.9 Å². The van der Waals surface area contributed by atoms with Gasteiger partial charge in [0.1, 0.15) is 5.75 Å². The topological polar surface area (TPSA) is 111 Å². The van der Waals surface area contributed by atoms with Crippen molar-refractivity contribution in [3.05, 3.63) is 69.8 Å². The molecule has 2 aromatic rings. The summed E-state index contributed by atoms with van der Waals surface area (Å²) in [6, 6.07) is 13.1. The van der Waals surface area contributed by atoms with Crippen LogP contribution in [0.4, 0.5) is 10.5 Å². The van der Waals surface area contributed by atoms with Crippen molar-refractivity contribution in [3.63, 3.8) is 0 Å². The smallest absolute Gasteiger partial charge is 0.410 e. The van der Waals surface area contributed by atoms with Crippen LogP contribution in [0.5, 0.6) is 5.75 Å². The highest BCUT2D eigenvalue weighted by Gasteiger charge is 2.50. The van der Waals surface area contributed by atoms with Crippen molar-refractivity contribution in [1.82, 2.24) is 9.80 Å². The molecule has 39 heavy (non-hydrogen) atoms. The first-order valence-electron chi connectivity index (χ1n) is 13.7. The van der Waals surface area contributed by atoms with E-state index < -0.39 is 22.8 Å². The lowest BCUT2D eigenvalue weighted by atomic mass is 9.72.